The molecular formula is C25H68O12Si10. The van der Waals surface area contributed by atoms with E-state index in [1.165, 1.54) is 0 Å². The van der Waals surface area contributed by atoms with Crippen molar-refractivity contribution in [2.24, 2.45) is 0 Å². The zero-order chi connectivity index (χ0) is 37.9. The van der Waals surface area contributed by atoms with Crippen molar-refractivity contribution in [2.45, 2.75) is 138 Å². The number of hydrogen-bond acceptors (Lipinski definition) is 12. The summed E-state index contributed by atoms with van der Waals surface area (Å²) in [6.07, 6.45) is 0.221. The van der Waals surface area contributed by atoms with Crippen LogP contribution in [0.3, 0.4) is 0 Å². The van der Waals surface area contributed by atoms with Crippen molar-refractivity contribution in [3.8, 4) is 0 Å². The second-order valence-corrected chi connectivity index (χ2v) is 53.1. The van der Waals surface area contributed by atoms with Crippen LogP contribution in [0.1, 0.15) is 6.92 Å². The number of carbonyl (C=O) groups excluding carboxylic acids is 1. The summed E-state index contributed by atoms with van der Waals surface area (Å²) >= 11 is 0. The maximum Gasteiger partial charge on any atom is 0.332 e. The highest BCUT2D eigenvalue weighted by Crippen LogP contribution is 2.30. The Morgan fingerprint density at radius 2 is 0.660 bits per heavy atom. The van der Waals surface area contributed by atoms with E-state index in [0.29, 0.717) is 5.57 Å². The number of rotatable bonds is 21. The van der Waals surface area contributed by atoms with Gasteiger partial charge < -0.3 is 46.6 Å². The SMILES string of the molecule is C=C(C)C(=O)OC[Si](C)(C)O[Si](C)(C)O[Si](C)(C)O[Si](C)(C)O[Si](C)(C)O[Si](C)(C)O[Si](C)(C)O[Si](C)(C)O[Si](C)(C)O[Si](C)(C)O. The van der Waals surface area contributed by atoms with Crippen LogP contribution >= 0.6 is 0 Å². The first-order chi connectivity index (χ1) is 20.2. The molecule has 1 N–H and O–H groups in total. The molecule has 0 aliphatic carbocycles. The van der Waals surface area contributed by atoms with Crippen molar-refractivity contribution < 1.29 is 51.4 Å². The quantitative estimate of drug-likeness (QED) is 0.0707. The molecule has 0 rings (SSSR count). The van der Waals surface area contributed by atoms with Gasteiger partial charge in [-0.2, -0.15) is 0 Å². The van der Waals surface area contributed by atoms with Gasteiger partial charge in [0.15, 0.2) is 0 Å². The smallest absolute Gasteiger partial charge is 0.332 e. The van der Waals surface area contributed by atoms with Crippen molar-refractivity contribution in [1.29, 1.82) is 0 Å². The third-order valence-electron chi connectivity index (χ3n) is 5.36. The minimum Gasteiger partial charge on any atom is -0.463 e. The molecule has 0 aromatic heterocycles. The summed E-state index contributed by atoms with van der Waals surface area (Å²) in [6.45, 7) is 44.7. The Morgan fingerprint density at radius 1 is 0.447 bits per heavy atom. The van der Waals surface area contributed by atoms with Gasteiger partial charge in [0, 0.05) is 5.57 Å². The molecule has 0 radical (unpaired) electrons. The Labute approximate surface area is 297 Å². The van der Waals surface area contributed by atoms with Gasteiger partial charge in [0.05, 0.1) is 0 Å². The standard InChI is InChI=1S/C25H68O12Si10/c1-24(2)25(26)28-23-38(3,4)29-40(7,8)31-42(11,12)33-44(15,16)35-46(19,20)37-47(21,22)36-45(17,18)34-43(13,14)32-41(9,10)30-39(5,6)27/h27H,1,23H2,2-22H3. The normalized spacial score (nSPS) is 15.2. The maximum atomic E-state index is 11.9. The van der Waals surface area contributed by atoms with E-state index in [1.54, 1.807) is 20.0 Å². The molecule has 0 bridgehead atoms. The highest BCUT2D eigenvalue weighted by Gasteiger charge is 2.50. The van der Waals surface area contributed by atoms with E-state index in [9.17, 15) is 9.59 Å². The molecule has 0 spiro atoms. The minimum absolute atomic E-state index is 0.221. The first-order valence-corrected chi connectivity index (χ1v) is 44.6. The van der Waals surface area contributed by atoms with Gasteiger partial charge in [-0.25, -0.2) is 4.79 Å². The Hall–Kier alpha value is 0.979. The molecule has 0 amide bonds. The lowest BCUT2D eigenvalue weighted by atomic mass is 10.4. The molecule has 0 aliphatic rings. The van der Waals surface area contributed by atoms with E-state index in [0.717, 1.165) is 0 Å². The van der Waals surface area contributed by atoms with E-state index >= 15 is 0 Å². The first-order valence-electron chi connectivity index (χ1n) is 16.1. The summed E-state index contributed by atoms with van der Waals surface area (Å²) in [5.41, 5.74) is 0.362. The minimum atomic E-state index is -2.75. The van der Waals surface area contributed by atoms with Crippen LogP contribution in [-0.4, -0.2) is 102 Å². The third-order valence-corrected chi connectivity index (χ3v) is 41.9. The highest BCUT2D eigenvalue weighted by molar-refractivity contribution is 6.93. The number of esters is 1. The molecule has 22 heteroatoms. The van der Waals surface area contributed by atoms with Crippen LogP contribution in [0, 0.1) is 0 Å². The molecule has 0 aliphatic heterocycles. The largest absolute Gasteiger partial charge is 0.463 e. The molecule has 0 saturated heterocycles. The predicted octanol–water partition coefficient (Wildman–Crippen LogP) is 7.31. The predicted molar refractivity (Wildman–Crippen MR) is 213 cm³/mol. The van der Waals surface area contributed by atoms with Crippen molar-refractivity contribution in [3.05, 3.63) is 12.2 Å². The Morgan fingerprint density at radius 3 is 0.872 bits per heavy atom. The third kappa shape index (κ3) is 22.5. The van der Waals surface area contributed by atoms with Crippen LogP contribution in [0.5, 0.6) is 0 Å². The van der Waals surface area contributed by atoms with E-state index in [-0.39, 0.29) is 6.23 Å². The van der Waals surface area contributed by atoms with Crippen LogP contribution in [0.2, 0.25) is 131 Å². The molecule has 0 unspecified atom stereocenters. The number of ether oxygens (including phenoxy) is 1. The molecule has 280 valence electrons. The molecule has 0 aromatic carbocycles. The van der Waals surface area contributed by atoms with Gasteiger partial charge in [-0.05, 0) is 138 Å². The zero-order valence-electron chi connectivity index (χ0n) is 33.4. The van der Waals surface area contributed by atoms with Gasteiger partial charge in [-0.1, -0.05) is 6.58 Å². The number of carbonyl (C=O) groups is 1. The van der Waals surface area contributed by atoms with Crippen LogP contribution in [-0.2, 0) is 46.6 Å². The fourth-order valence-electron chi connectivity index (χ4n) is 5.97. The lowest BCUT2D eigenvalue weighted by Gasteiger charge is -2.44. The van der Waals surface area contributed by atoms with Gasteiger partial charge in [-0.15, -0.1) is 0 Å². The summed E-state index contributed by atoms with van der Waals surface area (Å²) in [4.78, 5) is 22.2. The Kier molecular flexibility index (Phi) is 16.7. The van der Waals surface area contributed by atoms with E-state index < -0.39 is 91.3 Å². The zero-order valence-corrected chi connectivity index (χ0v) is 43.4. The molecule has 12 nitrogen and oxygen atoms in total. The Balaban J connectivity index is 5.47. The number of hydrogen-bond donors (Lipinski definition) is 1. The summed E-state index contributed by atoms with van der Waals surface area (Å²) in [5.74, 6) is -0.415. The van der Waals surface area contributed by atoms with Gasteiger partial charge >= 0.3 is 83.0 Å². The molecule has 0 heterocycles. The Bertz CT molecular complexity index is 1070. The molecular weight excluding hydrogens is 773 g/mol. The van der Waals surface area contributed by atoms with E-state index in [2.05, 4.69) is 6.58 Å². The van der Waals surface area contributed by atoms with Gasteiger partial charge in [-0.3, -0.25) is 0 Å². The molecule has 0 fully saturated rings. The fraction of sp³-hybridized carbons (Fsp3) is 0.880. The summed E-state index contributed by atoms with van der Waals surface area (Å²) < 4.78 is 64.4. The van der Waals surface area contributed by atoms with Crippen LogP contribution < -0.4 is 0 Å². The lowest BCUT2D eigenvalue weighted by Crippen LogP contribution is -2.62. The van der Waals surface area contributed by atoms with Gasteiger partial charge in [0.25, 0.3) is 0 Å². The first kappa shape index (κ1) is 48.0. The topological polar surface area (TPSA) is 130 Å². The van der Waals surface area contributed by atoms with E-state index in [1.807, 2.05) is 118 Å². The second kappa shape index (κ2) is 16.3. The van der Waals surface area contributed by atoms with Gasteiger partial charge in [0.1, 0.15) is 6.23 Å². The maximum absolute atomic E-state index is 11.9. The van der Waals surface area contributed by atoms with Crippen molar-refractivity contribution in [3.63, 3.8) is 0 Å². The highest BCUT2D eigenvalue weighted by atomic mass is 28.5. The lowest BCUT2D eigenvalue weighted by molar-refractivity contribution is -0.137. The van der Waals surface area contributed by atoms with Crippen molar-refractivity contribution >= 4 is 91.3 Å². The fourth-order valence-corrected chi connectivity index (χ4v) is 54.3. The monoisotopic (exact) mass is 840 g/mol. The second-order valence-electron chi connectivity index (χ2n) is 16.7. The summed E-state index contributed by atoms with van der Waals surface area (Å²) in [5, 5.41) is 0. The molecule has 0 aromatic rings. The average molecular weight is 842 g/mol. The van der Waals surface area contributed by atoms with Crippen LogP contribution in [0.4, 0.5) is 0 Å². The van der Waals surface area contributed by atoms with Crippen molar-refractivity contribution in [2.75, 3.05) is 6.23 Å². The van der Waals surface area contributed by atoms with Gasteiger partial charge in [0.2, 0.25) is 8.32 Å². The molecule has 0 saturated carbocycles. The van der Waals surface area contributed by atoms with Crippen molar-refractivity contribution in [1.82, 2.24) is 0 Å². The molecule has 0 atom stereocenters. The van der Waals surface area contributed by atoms with E-state index in [4.69, 9.17) is 41.8 Å². The molecule has 47 heavy (non-hydrogen) atoms. The average Bonchev–Trinajstić information content (AvgIpc) is 2.61. The van der Waals surface area contributed by atoms with Crippen LogP contribution in [0.25, 0.3) is 0 Å². The summed E-state index contributed by atoms with van der Waals surface area (Å²) in [6, 6.07) is 0. The van der Waals surface area contributed by atoms with Crippen LogP contribution in [0.15, 0.2) is 12.2 Å². The summed E-state index contributed by atoms with van der Waals surface area (Å²) in [7, 11) is -26.7.